The van der Waals surface area contributed by atoms with Gasteiger partial charge in [-0.15, -0.1) is 0 Å². The van der Waals surface area contributed by atoms with Crippen molar-refractivity contribution in [1.29, 1.82) is 0 Å². The summed E-state index contributed by atoms with van der Waals surface area (Å²) in [6, 6.07) is 16.1. The van der Waals surface area contributed by atoms with Crippen molar-refractivity contribution in [2.45, 2.75) is 26.4 Å². The summed E-state index contributed by atoms with van der Waals surface area (Å²) in [4.78, 5) is 11.6. The lowest BCUT2D eigenvalue weighted by molar-refractivity contribution is 0.0526. The quantitative estimate of drug-likeness (QED) is 0.771. The van der Waals surface area contributed by atoms with Gasteiger partial charge >= 0.3 is 5.97 Å². The Balaban J connectivity index is 1.91. The molecule has 2 aromatic carbocycles. The number of benzene rings is 2. The van der Waals surface area contributed by atoms with E-state index in [1.54, 1.807) is 19.1 Å². The van der Waals surface area contributed by atoms with Crippen LogP contribution in [0.15, 0.2) is 53.0 Å². The van der Waals surface area contributed by atoms with Crippen LogP contribution in [0, 0.1) is 0 Å². The highest BCUT2D eigenvalue weighted by atomic mass is 79.9. The maximum atomic E-state index is 11.6. The maximum absolute atomic E-state index is 11.6. The van der Waals surface area contributed by atoms with Gasteiger partial charge in [0.25, 0.3) is 0 Å². The normalized spacial score (nSPS) is 12.0. The van der Waals surface area contributed by atoms with Crippen LogP contribution >= 0.6 is 15.9 Å². The fourth-order valence-electron chi connectivity index (χ4n) is 2.11. The van der Waals surface area contributed by atoms with E-state index in [0.717, 1.165) is 16.6 Å². The number of esters is 1. The molecule has 0 unspecified atom stereocenters. The zero-order valence-electron chi connectivity index (χ0n) is 12.8. The van der Waals surface area contributed by atoms with Gasteiger partial charge in [0.1, 0.15) is 0 Å². The molecule has 0 aliphatic carbocycles. The van der Waals surface area contributed by atoms with Crippen molar-refractivity contribution in [3.05, 3.63) is 69.7 Å². The zero-order chi connectivity index (χ0) is 15.9. The molecule has 0 fully saturated rings. The van der Waals surface area contributed by atoms with Crippen molar-refractivity contribution in [1.82, 2.24) is 5.32 Å². The lowest BCUT2D eigenvalue weighted by Crippen LogP contribution is -2.18. The number of carbonyl (C=O) groups excluding carboxylic acids is 1. The van der Waals surface area contributed by atoms with E-state index in [1.807, 2.05) is 24.3 Å². The number of rotatable bonds is 6. The summed E-state index contributed by atoms with van der Waals surface area (Å²) in [5.74, 6) is -0.273. The summed E-state index contributed by atoms with van der Waals surface area (Å²) >= 11 is 3.44. The fourth-order valence-corrected chi connectivity index (χ4v) is 2.38. The number of ether oxygens (including phenoxy) is 1. The van der Waals surface area contributed by atoms with Gasteiger partial charge in [-0.05, 0) is 49.2 Å². The second kappa shape index (κ2) is 8.11. The number of carbonyl (C=O) groups is 1. The minimum atomic E-state index is -0.273. The molecule has 0 spiro atoms. The Morgan fingerprint density at radius 1 is 1.14 bits per heavy atom. The molecule has 0 amide bonds. The van der Waals surface area contributed by atoms with E-state index in [-0.39, 0.29) is 12.0 Å². The second-order valence-electron chi connectivity index (χ2n) is 5.07. The van der Waals surface area contributed by atoms with Crippen molar-refractivity contribution in [3.8, 4) is 0 Å². The molecule has 0 aromatic heterocycles. The highest BCUT2D eigenvalue weighted by Gasteiger charge is 2.07. The van der Waals surface area contributed by atoms with E-state index in [0.29, 0.717) is 12.2 Å². The molecule has 1 atom stereocenters. The first kappa shape index (κ1) is 16.7. The third kappa shape index (κ3) is 4.68. The Labute approximate surface area is 139 Å². The van der Waals surface area contributed by atoms with E-state index in [2.05, 4.69) is 40.3 Å². The van der Waals surface area contributed by atoms with Gasteiger partial charge in [-0.25, -0.2) is 4.79 Å². The van der Waals surface area contributed by atoms with E-state index in [9.17, 15) is 4.79 Å². The van der Waals surface area contributed by atoms with E-state index >= 15 is 0 Å². The summed E-state index contributed by atoms with van der Waals surface area (Å²) in [7, 11) is 0. The van der Waals surface area contributed by atoms with Crippen molar-refractivity contribution < 1.29 is 9.53 Å². The van der Waals surface area contributed by atoms with Gasteiger partial charge in [-0.3, -0.25) is 0 Å². The lowest BCUT2D eigenvalue weighted by atomic mass is 10.1. The van der Waals surface area contributed by atoms with Crippen LogP contribution in [0.2, 0.25) is 0 Å². The average Bonchev–Trinajstić information content (AvgIpc) is 2.54. The molecule has 0 radical (unpaired) electrons. The monoisotopic (exact) mass is 361 g/mol. The summed E-state index contributed by atoms with van der Waals surface area (Å²) in [6.07, 6.45) is 0. The molecular weight excluding hydrogens is 342 g/mol. The van der Waals surface area contributed by atoms with Crippen LogP contribution in [0.1, 0.15) is 41.4 Å². The van der Waals surface area contributed by atoms with Gasteiger partial charge < -0.3 is 10.1 Å². The van der Waals surface area contributed by atoms with Crippen LogP contribution in [0.25, 0.3) is 0 Å². The van der Waals surface area contributed by atoms with Crippen molar-refractivity contribution in [2.75, 3.05) is 6.61 Å². The van der Waals surface area contributed by atoms with Gasteiger partial charge in [-0.1, -0.05) is 40.2 Å². The van der Waals surface area contributed by atoms with Gasteiger partial charge in [0.2, 0.25) is 0 Å². The fraction of sp³-hybridized carbons (Fsp3) is 0.278. The lowest BCUT2D eigenvalue weighted by Gasteiger charge is -2.14. The highest BCUT2D eigenvalue weighted by Crippen LogP contribution is 2.17. The molecule has 22 heavy (non-hydrogen) atoms. The maximum Gasteiger partial charge on any atom is 0.338 e. The van der Waals surface area contributed by atoms with Gasteiger partial charge in [-0.2, -0.15) is 0 Å². The zero-order valence-corrected chi connectivity index (χ0v) is 14.4. The molecule has 1 N–H and O–H groups in total. The highest BCUT2D eigenvalue weighted by molar-refractivity contribution is 9.10. The molecule has 0 bridgehead atoms. The molecular formula is C18H20BrNO2. The van der Waals surface area contributed by atoms with Crippen molar-refractivity contribution in [3.63, 3.8) is 0 Å². The van der Waals surface area contributed by atoms with E-state index in [1.165, 1.54) is 5.56 Å². The average molecular weight is 362 g/mol. The minimum absolute atomic E-state index is 0.262. The van der Waals surface area contributed by atoms with Crippen LogP contribution in [-0.4, -0.2) is 12.6 Å². The minimum Gasteiger partial charge on any atom is -0.462 e. The number of nitrogens with one attached hydrogen (secondary N) is 1. The molecule has 116 valence electrons. The summed E-state index contributed by atoms with van der Waals surface area (Å²) in [5, 5.41) is 3.48. The molecule has 0 saturated heterocycles. The molecule has 3 nitrogen and oxygen atoms in total. The van der Waals surface area contributed by atoms with E-state index in [4.69, 9.17) is 4.74 Å². The Bertz CT molecular complexity index is 608. The first-order valence-corrected chi connectivity index (χ1v) is 8.14. The molecule has 0 aliphatic heterocycles. The standard InChI is InChI=1S/C18H20BrNO2/c1-3-22-18(21)16-6-4-14(5-7-16)12-20-13(2)15-8-10-17(19)11-9-15/h4-11,13,20H,3,12H2,1-2H3/t13-/m0/s1. The van der Waals surface area contributed by atoms with Crippen LogP contribution < -0.4 is 5.32 Å². The topological polar surface area (TPSA) is 38.3 Å². The molecule has 4 heteroatoms. The molecule has 2 rings (SSSR count). The largest absolute Gasteiger partial charge is 0.462 e. The molecule has 0 saturated carbocycles. The first-order chi connectivity index (χ1) is 10.6. The second-order valence-corrected chi connectivity index (χ2v) is 5.99. The van der Waals surface area contributed by atoms with Gasteiger partial charge in [0.15, 0.2) is 0 Å². The Morgan fingerprint density at radius 2 is 1.77 bits per heavy atom. The predicted octanol–water partition coefficient (Wildman–Crippen LogP) is 4.48. The van der Waals surface area contributed by atoms with Crippen LogP contribution in [0.3, 0.4) is 0 Å². The molecule has 0 aliphatic rings. The van der Waals surface area contributed by atoms with Crippen LogP contribution in [-0.2, 0) is 11.3 Å². The predicted molar refractivity (Wildman–Crippen MR) is 91.8 cm³/mol. The molecule has 0 heterocycles. The van der Waals surface area contributed by atoms with Crippen molar-refractivity contribution in [2.24, 2.45) is 0 Å². The SMILES string of the molecule is CCOC(=O)c1ccc(CN[C@@H](C)c2ccc(Br)cc2)cc1. The third-order valence-corrected chi connectivity index (χ3v) is 3.98. The summed E-state index contributed by atoms with van der Waals surface area (Å²) in [5.41, 5.74) is 2.97. The number of halogens is 1. The Morgan fingerprint density at radius 3 is 2.36 bits per heavy atom. The number of hydrogen-bond donors (Lipinski definition) is 1. The Kier molecular flexibility index (Phi) is 6.16. The van der Waals surface area contributed by atoms with Crippen molar-refractivity contribution >= 4 is 21.9 Å². The first-order valence-electron chi connectivity index (χ1n) is 7.35. The van der Waals surface area contributed by atoms with Gasteiger partial charge in [0, 0.05) is 17.1 Å². The van der Waals surface area contributed by atoms with Crippen LogP contribution in [0.4, 0.5) is 0 Å². The summed E-state index contributed by atoms with van der Waals surface area (Å²) < 4.78 is 6.06. The van der Waals surface area contributed by atoms with E-state index < -0.39 is 0 Å². The Hall–Kier alpha value is -1.65. The van der Waals surface area contributed by atoms with Gasteiger partial charge in [0.05, 0.1) is 12.2 Å². The van der Waals surface area contributed by atoms with Crippen LogP contribution in [0.5, 0.6) is 0 Å². The smallest absolute Gasteiger partial charge is 0.338 e. The summed E-state index contributed by atoms with van der Waals surface area (Å²) in [6.45, 7) is 5.09. The molecule has 2 aromatic rings. The third-order valence-electron chi connectivity index (χ3n) is 3.45. The number of hydrogen-bond acceptors (Lipinski definition) is 3.